The van der Waals surface area contributed by atoms with Crippen LogP contribution in [-0.2, 0) is 4.79 Å². The van der Waals surface area contributed by atoms with Gasteiger partial charge < -0.3 is 5.32 Å². The fourth-order valence-corrected chi connectivity index (χ4v) is 5.30. The highest BCUT2D eigenvalue weighted by molar-refractivity contribution is 5.75. The average molecular weight is 263 g/mol. The molecule has 0 aromatic carbocycles. The van der Waals surface area contributed by atoms with Gasteiger partial charge in [-0.15, -0.1) is 0 Å². The lowest BCUT2D eigenvalue weighted by molar-refractivity contribution is -0.123. The molecule has 0 radical (unpaired) electrons. The first-order chi connectivity index (χ1) is 9.05. The molecule has 4 rings (SSSR count). The van der Waals surface area contributed by atoms with Crippen LogP contribution in [-0.4, -0.2) is 12.5 Å². The Morgan fingerprint density at radius 1 is 1.11 bits per heavy atom. The van der Waals surface area contributed by atoms with Gasteiger partial charge in [0.1, 0.15) is 0 Å². The Balaban J connectivity index is 1.51. The summed E-state index contributed by atoms with van der Waals surface area (Å²) in [7, 11) is 0. The minimum Gasteiger partial charge on any atom is -0.356 e. The van der Waals surface area contributed by atoms with Crippen molar-refractivity contribution in [1.82, 2.24) is 5.32 Å². The van der Waals surface area contributed by atoms with E-state index in [0.29, 0.717) is 17.8 Å². The molecule has 4 aliphatic carbocycles. The van der Waals surface area contributed by atoms with Gasteiger partial charge in [0.25, 0.3) is 0 Å². The van der Waals surface area contributed by atoms with Crippen molar-refractivity contribution in [2.75, 3.05) is 6.54 Å². The zero-order valence-corrected chi connectivity index (χ0v) is 12.6. The highest BCUT2D eigenvalue weighted by atomic mass is 16.1. The zero-order valence-electron chi connectivity index (χ0n) is 12.6. The van der Waals surface area contributed by atoms with Crippen LogP contribution in [0.25, 0.3) is 0 Å². The number of carbonyl (C=O) groups excluding carboxylic acids is 1. The van der Waals surface area contributed by atoms with Crippen molar-refractivity contribution < 1.29 is 4.79 Å². The zero-order chi connectivity index (χ0) is 13.5. The minimum atomic E-state index is 0.282. The van der Waals surface area contributed by atoms with E-state index in [4.69, 9.17) is 0 Å². The van der Waals surface area contributed by atoms with Crippen LogP contribution in [0.15, 0.2) is 0 Å². The van der Waals surface area contributed by atoms with Crippen LogP contribution >= 0.6 is 0 Å². The first-order valence-corrected chi connectivity index (χ1v) is 8.31. The van der Waals surface area contributed by atoms with Gasteiger partial charge in [-0.1, -0.05) is 13.8 Å². The van der Waals surface area contributed by atoms with Crippen molar-refractivity contribution in [2.45, 2.75) is 65.2 Å². The van der Waals surface area contributed by atoms with Gasteiger partial charge in [0, 0.05) is 13.0 Å². The summed E-state index contributed by atoms with van der Waals surface area (Å²) in [6.45, 7) is 5.34. The van der Waals surface area contributed by atoms with Gasteiger partial charge in [0.05, 0.1) is 0 Å². The SMILES string of the molecule is CC(C)CCC(=O)NCC12CC3CC(CC(C3)C1)C2. The summed E-state index contributed by atoms with van der Waals surface area (Å²) in [6.07, 6.45) is 10.4. The Labute approximate surface area is 117 Å². The second kappa shape index (κ2) is 5.10. The molecule has 1 N–H and O–H groups in total. The molecule has 0 aromatic heterocycles. The Hall–Kier alpha value is -0.530. The summed E-state index contributed by atoms with van der Waals surface area (Å²) in [6, 6.07) is 0. The highest BCUT2D eigenvalue weighted by Gasteiger charge is 2.50. The molecule has 0 atom stereocenters. The van der Waals surface area contributed by atoms with Gasteiger partial charge in [-0.25, -0.2) is 0 Å². The Morgan fingerprint density at radius 3 is 2.11 bits per heavy atom. The number of hydrogen-bond donors (Lipinski definition) is 1. The molecule has 1 amide bonds. The van der Waals surface area contributed by atoms with Crippen LogP contribution in [0.4, 0.5) is 0 Å². The molecule has 0 unspecified atom stereocenters. The predicted molar refractivity (Wildman–Crippen MR) is 77.7 cm³/mol. The molecule has 2 nitrogen and oxygen atoms in total. The minimum absolute atomic E-state index is 0.282. The van der Waals surface area contributed by atoms with E-state index in [2.05, 4.69) is 19.2 Å². The van der Waals surface area contributed by atoms with Gasteiger partial charge in [-0.2, -0.15) is 0 Å². The maximum absolute atomic E-state index is 11.9. The third kappa shape index (κ3) is 2.98. The third-order valence-corrected chi connectivity index (χ3v) is 5.77. The van der Waals surface area contributed by atoms with Gasteiger partial charge in [-0.05, 0) is 74.0 Å². The summed E-state index contributed by atoms with van der Waals surface area (Å²) in [5.74, 6) is 3.87. The molecule has 0 saturated heterocycles. The number of nitrogens with one attached hydrogen (secondary N) is 1. The van der Waals surface area contributed by atoms with E-state index in [-0.39, 0.29) is 5.91 Å². The molecule has 4 saturated carbocycles. The standard InChI is InChI=1S/C17H29NO/c1-12(2)3-4-16(19)18-11-17-8-13-5-14(9-17)7-15(6-13)10-17/h12-15H,3-11H2,1-2H3,(H,18,19). The van der Waals surface area contributed by atoms with E-state index in [1.54, 1.807) is 0 Å². The van der Waals surface area contributed by atoms with E-state index in [1.165, 1.54) is 38.5 Å². The Kier molecular flexibility index (Phi) is 3.61. The molecule has 0 aromatic rings. The van der Waals surface area contributed by atoms with Crippen molar-refractivity contribution in [3.8, 4) is 0 Å². The molecule has 4 bridgehead atoms. The van der Waals surface area contributed by atoms with Crippen LogP contribution < -0.4 is 5.32 Å². The Bertz CT molecular complexity index is 312. The fraction of sp³-hybridized carbons (Fsp3) is 0.941. The first kappa shape index (κ1) is 13.5. The van der Waals surface area contributed by atoms with E-state index in [0.717, 1.165) is 30.7 Å². The summed E-state index contributed by atoms with van der Waals surface area (Å²) >= 11 is 0. The summed E-state index contributed by atoms with van der Waals surface area (Å²) in [4.78, 5) is 11.9. The Morgan fingerprint density at radius 2 is 1.63 bits per heavy atom. The van der Waals surface area contributed by atoms with E-state index < -0.39 is 0 Å². The van der Waals surface area contributed by atoms with Gasteiger partial charge >= 0.3 is 0 Å². The van der Waals surface area contributed by atoms with Crippen molar-refractivity contribution in [2.24, 2.45) is 29.1 Å². The van der Waals surface area contributed by atoms with Gasteiger partial charge in [0.15, 0.2) is 0 Å². The van der Waals surface area contributed by atoms with Crippen molar-refractivity contribution in [3.05, 3.63) is 0 Å². The summed E-state index contributed by atoms with van der Waals surface area (Å²) in [5, 5.41) is 3.26. The second-order valence-electron chi connectivity index (χ2n) is 8.13. The molecule has 0 heterocycles. The van der Waals surface area contributed by atoms with Crippen molar-refractivity contribution >= 4 is 5.91 Å². The number of hydrogen-bond acceptors (Lipinski definition) is 1. The molecule has 0 spiro atoms. The number of carbonyl (C=O) groups is 1. The lowest BCUT2D eigenvalue weighted by Gasteiger charge is -2.56. The maximum Gasteiger partial charge on any atom is 0.220 e. The van der Waals surface area contributed by atoms with E-state index in [9.17, 15) is 4.79 Å². The number of amides is 1. The molecule has 2 heteroatoms. The van der Waals surface area contributed by atoms with E-state index in [1.807, 2.05) is 0 Å². The van der Waals surface area contributed by atoms with Gasteiger partial charge in [0.2, 0.25) is 5.91 Å². The largest absolute Gasteiger partial charge is 0.356 e. The monoisotopic (exact) mass is 263 g/mol. The topological polar surface area (TPSA) is 29.1 Å². The van der Waals surface area contributed by atoms with Crippen LogP contribution in [0.1, 0.15) is 65.2 Å². The van der Waals surface area contributed by atoms with Crippen LogP contribution in [0.3, 0.4) is 0 Å². The molecule has 19 heavy (non-hydrogen) atoms. The molecule has 108 valence electrons. The van der Waals surface area contributed by atoms with E-state index >= 15 is 0 Å². The lowest BCUT2D eigenvalue weighted by Crippen LogP contribution is -2.51. The first-order valence-electron chi connectivity index (χ1n) is 8.31. The van der Waals surface area contributed by atoms with Crippen molar-refractivity contribution in [3.63, 3.8) is 0 Å². The molecular weight excluding hydrogens is 234 g/mol. The van der Waals surface area contributed by atoms with Gasteiger partial charge in [-0.3, -0.25) is 4.79 Å². The third-order valence-electron chi connectivity index (χ3n) is 5.77. The molecular formula is C17H29NO. The quantitative estimate of drug-likeness (QED) is 0.804. The lowest BCUT2D eigenvalue weighted by atomic mass is 9.49. The smallest absolute Gasteiger partial charge is 0.220 e. The predicted octanol–water partition coefficient (Wildman–Crippen LogP) is 3.76. The number of rotatable bonds is 5. The summed E-state index contributed by atoms with van der Waals surface area (Å²) in [5.41, 5.74) is 0.488. The van der Waals surface area contributed by atoms with Crippen LogP contribution in [0, 0.1) is 29.1 Å². The normalized spacial score (nSPS) is 39.8. The highest BCUT2D eigenvalue weighted by Crippen LogP contribution is 2.59. The maximum atomic E-state index is 11.9. The molecule has 0 aliphatic heterocycles. The molecule has 4 fully saturated rings. The fourth-order valence-electron chi connectivity index (χ4n) is 5.30. The van der Waals surface area contributed by atoms with Crippen molar-refractivity contribution in [1.29, 1.82) is 0 Å². The second-order valence-corrected chi connectivity index (χ2v) is 8.13. The average Bonchev–Trinajstić information content (AvgIpc) is 2.32. The van der Waals surface area contributed by atoms with Crippen LogP contribution in [0.2, 0.25) is 0 Å². The summed E-state index contributed by atoms with van der Waals surface area (Å²) < 4.78 is 0. The van der Waals surface area contributed by atoms with Crippen LogP contribution in [0.5, 0.6) is 0 Å². The molecule has 4 aliphatic rings.